The first kappa shape index (κ1) is 16.5. The van der Waals surface area contributed by atoms with E-state index in [1.807, 2.05) is 0 Å². The average Bonchev–Trinajstić information content (AvgIpc) is 2.49. The second-order valence-corrected chi connectivity index (χ2v) is 7.98. The quantitative estimate of drug-likeness (QED) is 0.893. The molecule has 7 heteroatoms. The van der Waals surface area contributed by atoms with Crippen molar-refractivity contribution >= 4 is 21.7 Å². The van der Waals surface area contributed by atoms with Gasteiger partial charge in [0.2, 0.25) is 5.91 Å². The standard InChI is InChI=1S/C15H20N2O4S/c1-4-22(20,21)12-7-5-6-11(10-12)13(18)17-9-8-16-14(19)15(17,2)3/h5-7,10H,4,8-9H2,1-3H3,(H,16,19). The Balaban J connectivity index is 2.38. The second-order valence-electron chi connectivity index (χ2n) is 5.70. The van der Waals surface area contributed by atoms with E-state index in [9.17, 15) is 18.0 Å². The van der Waals surface area contributed by atoms with E-state index in [-0.39, 0.29) is 28.0 Å². The number of sulfone groups is 1. The summed E-state index contributed by atoms with van der Waals surface area (Å²) in [6.45, 7) is 5.68. The van der Waals surface area contributed by atoms with E-state index in [4.69, 9.17) is 0 Å². The summed E-state index contributed by atoms with van der Waals surface area (Å²) >= 11 is 0. The van der Waals surface area contributed by atoms with Crippen LogP contribution in [0.5, 0.6) is 0 Å². The molecule has 120 valence electrons. The molecule has 0 atom stereocenters. The van der Waals surface area contributed by atoms with Crippen LogP contribution in [-0.4, -0.2) is 49.5 Å². The number of hydrogen-bond acceptors (Lipinski definition) is 4. The fourth-order valence-electron chi connectivity index (χ4n) is 2.40. The molecular formula is C15H20N2O4S. The smallest absolute Gasteiger partial charge is 0.254 e. The Bertz CT molecular complexity index is 710. The van der Waals surface area contributed by atoms with Crippen LogP contribution < -0.4 is 5.32 Å². The van der Waals surface area contributed by atoms with Crippen molar-refractivity contribution in [2.24, 2.45) is 0 Å². The molecule has 1 fully saturated rings. The molecule has 0 unspecified atom stereocenters. The molecule has 0 bridgehead atoms. The van der Waals surface area contributed by atoms with E-state index in [1.165, 1.54) is 17.0 Å². The number of carbonyl (C=O) groups excluding carboxylic acids is 2. The van der Waals surface area contributed by atoms with Crippen LogP contribution in [0.3, 0.4) is 0 Å². The molecular weight excluding hydrogens is 304 g/mol. The van der Waals surface area contributed by atoms with Crippen LogP contribution >= 0.6 is 0 Å². The van der Waals surface area contributed by atoms with Crippen molar-refractivity contribution in [3.8, 4) is 0 Å². The fourth-order valence-corrected chi connectivity index (χ4v) is 3.33. The Labute approximate surface area is 130 Å². The number of piperazine rings is 1. The van der Waals surface area contributed by atoms with Gasteiger partial charge in [-0.15, -0.1) is 0 Å². The number of nitrogens with one attached hydrogen (secondary N) is 1. The summed E-state index contributed by atoms with van der Waals surface area (Å²) in [5.41, 5.74) is -0.688. The minimum absolute atomic E-state index is 0.0255. The van der Waals surface area contributed by atoms with Gasteiger partial charge in [0.05, 0.1) is 10.6 Å². The summed E-state index contributed by atoms with van der Waals surface area (Å²) in [7, 11) is -3.37. The van der Waals surface area contributed by atoms with Crippen molar-refractivity contribution in [1.82, 2.24) is 10.2 Å². The lowest BCUT2D eigenvalue weighted by Gasteiger charge is -2.41. The zero-order valence-electron chi connectivity index (χ0n) is 12.9. The number of carbonyl (C=O) groups is 2. The topological polar surface area (TPSA) is 83.6 Å². The summed E-state index contributed by atoms with van der Waals surface area (Å²) < 4.78 is 23.9. The van der Waals surface area contributed by atoms with Gasteiger partial charge in [0, 0.05) is 18.7 Å². The van der Waals surface area contributed by atoms with Gasteiger partial charge in [0.25, 0.3) is 5.91 Å². The molecule has 0 aliphatic carbocycles. The van der Waals surface area contributed by atoms with Gasteiger partial charge in [-0.2, -0.15) is 0 Å². The first-order chi connectivity index (χ1) is 10.2. The molecule has 0 spiro atoms. The van der Waals surface area contributed by atoms with Gasteiger partial charge in [0.1, 0.15) is 5.54 Å². The summed E-state index contributed by atoms with van der Waals surface area (Å²) in [5.74, 6) is -0.583. The molecule has 1 aromatic rings. The highest BCUT2D eigenvalue weighted by atomic mass is 32.2. The molecule has 22 heavy (non-hydrogen) atoms. The Morgan fingerprint density at radius 1 is 1.36 bits per heavy atom. The molecule has 2 rings (SSSR count). The normalized spacial score (nSPS) is 18.0. The summed E-state index contributed by atoms with van der Waals surface area (Å²) in [6.07, 6.45) is 0. The highest BCUT2D eigenvalue weighted by Gasteiger charge is 2.40. The molecule has 1 N–H and O–H groups in total. The minimum Gasteiger partial charge on any atom is -0.352 e. The van der Waals surface area contributed by atoms with Crippen LogP contribution in [-0.2, 0) is 14.6 Å². The molecule has 6 nitrogen and oxygen atoms in total. The fraction of sp³-hybridized carbons (Fsp3) is 0.467. The third-order valence-electron chi connectivity index (χ3n) is 3.92. The van der Waals surface area contributed by atoms with Gasteiger partial charge < -0.3 is 10.2 Å². The molecule has 1 aliphatic rings. The zero-order chi connectivity index (χ0) is 16.5. The first-order valence-corrected chi connectivity index (χ1v) is 8.78. The molecule has 0 saturated carbocycles. The van der Waals surface area contributed by atoms with Crippen LogP contribution in [0.4, 0.5) is 0 Å². The number of rotatable bonds is 3. The van der Waals surface area contributed by atoms with Crippen LogP contribution in [0, 0.1) is 0 Å². The average molecular weight is 324 g/mol. The van der Waals surface area contributed by atoms with Crippen LogP contribution in [0.1, 0.15) is 31.1 Å². The summed E-state index contributed by atoms with van der Waals surface area (Å²) in [4.78, 5) is 26.2. The molecule has 1 heterocycles. The van der Waals surface area contributed by atoms with Crippen LogP contribution in [0.2, 0.25) is 0 Å². The molecule has 0 radical (unpaired) electrons. The van der Waals surface area contributed by atoms with E-state index in [0.29, 0.717) is 13.1 Å². The predicted octanol–water partition coefficient (Wildman–Crippen LogP) is 0.831. The minimum atomic E-state index is -3.37. The third-order valence-corrected chi connectivity index (χ3v) is 5.65. The van der Waals surface area contributed by atoms with Gasteiger partial charge in [-0.25, -0.2) is 8.42 Å². The SMILES string of the molecule is CCS(=O)(=O)c1cccc(C(=O)N2CCNC(=O)C2(C)C)c1. The van der Waals surface area contributed by atoms with Gasteiger partial charge in [-0.3, -0.25) is 9.59 Å². The third kappa shape index (κ3) is 2.85. The monoisotopic (exact) mass is 324 g/mol. The Morgan fingerprint density at radius 3 is 2.68 bits per heavy atom. The second kappa shape index (κ2) is 5.72. The first-order valence-electron chi connectivity index (χ1n) is 7.13. The van der Waals surface area contributed by atoms with Crippen molar-refractivity contribution in [1.29, 1.82) is 0 Å². The lowest BCUT2D eigenvalue weighted by molar-refractivity contribution is -0.133. The highest BCUT2D eigenvalue weighted by molar-refractivity contribution is 7.91. The van der Waals surface area contributed by atoms with Gasteiger partial charge in [-0.05, 0) is 32.0 Å². The maximum Gasteiger partial charge on any atom is 0.254 e. The van der Waals surface area contributed by atoms with E-state index < -0.39 is 15.4 Å². The maximum absolute atomic E-state index is 12.7. The Hall–Kier alpha value is -1.89. The number of benzene rings is 1. The predicted molar refractivity (Wildman–Crippen MR) is 82.3 cm³/mol. The van der Waals surface area contributed by atoms with Crippen LogP contribution in [0.25, 0.3) is 0 Å². The van der Waals surface area contributed by atoms with Crippen molar-refractivity contribution in [2.45, 2.75) is 31.2 Å². The highest BCUT2D eigenvalue weighted by Crippen LogP contribution is 2.22. The number of nitrogens with zero attached hydrogens (tertiary/aromatic N) is 1. The summed E-state index contributed by atoms with van der Waals surface area (Å²) in [5, 5.41) is 2.72. The largest absolute Gasteiger partial charge is 0.352 e. The van der Waals surface area contributed by atoms with E-state index >= 15 is 0 Å². The van der Waals surface area contributed by atoms with Crippen molar-refractivity contribution in [2.75, 3.05) is 18.8 Å². The van der Waals surface area contributed by atoms with Crippen LogP contribution in [0.15, 0.2) is 29.2 Å². The Morgan fingerprint density at radius 2 is 2.05 bits per heavy atom. The van der Waals surface area contributed by atoms with Crippen molar-refractivity contribution in [3.05, 3.63) is 29.8 Å². The summed E-state index contributed by atoms with van der Waals surface area (Å²) in [6, 6.07) is 5.97. The molecule has 1 aliphatic heterocycles. The van der Waals surface area contributed by atoms with Gasteiger partial charge in [0.15, 0.2) is 9.84 Å². The molecule has 1 aromatic carbocycles. The zero-order valence-corrected chi connectivity index (χ0v) is 13.7. The van der Waals surface area contributed by atoms with E-state index in [2.05, 4.69) is 5.32 Å². The molecule has 2 amide bonds. The van der Waals surface area contributed by atoms with Crippen molar-refractivity contribution < 1.29 is 18.0 Å². The van der Waals surface area contributed by atoms with Crippen molar-refractivity contribution in [3.63, 3.8) is 0 Å². The number of hydrogen-bond donors (Lipinski definition) is 1. The van der Waals surface area contributed by atoms with E-state index in [0.717, 1.165) is 0 Å². The van der Waals surface area contributed by atoms with E-state index in [1.54, 1.807) is 32.9 Å². The lowest BCUT2D eigenvalue weighted by atomic mass is 9.97. The lowest BCUT2D eigenvalue weighted by Crippen LogP contribution is -2.63. The van der Waals surface area contributed by atoms with Gasteiger partial charge in [-0.1, -0.05) is 13.0 Å². The Kier molecular flexibility index (Phi) is 4.28. The maximum atomic E-state index is 12.7. The van der Waals surface area contributed by atoms with Gasteiger partial charge >= 0.3 is 0 Å². The molecule has 1 saturated heterocycles. The molecule has 0 aromatic heterocycles. The number of amides is 2.